The minimum Gasteiger partial charge on any atom is -0.313 e. The fraction of sp³-hybridized carbons (Fsp3) is 0.765. The lowest BCUT2D eigenvalue weighted by Crippen LogP contribution is -2.41. The van der Waals surface area contributed by atoms with E-state index in [0.717, 1.165) is 18.5 Å². The number of thiophene rings is 1. The molecule has 112 valence electrons. The monoisotopic (exact) mass is 292 g/mol. The summed E-state index contributed by atoms with van der Waals surface area (Å²) < 4.78 is 0. The summed E-state index contributed by atoms with van der Waals surface area (Å²) in [5.74, 6) is 0.951. The Morgan fingerprint density at radius 3 is 2.85 bits per heavy atom. The van der Waals surface area contributed by atoms with Crippen LogP contribution < -0.4 is 5.32 Å². The molecule has 0 bridgehead atoms. The topological polar surface area (TPSA) is 15.3 Å². The molecular weight excluding hydrogens is 264 g/mol. The van der Waals surface area contributed by atoms with Gasteiger partial charge in [-0.25, -0.2) is 0 Å². The van der Waals surface area contributed by atoms with Gasteiger partial charge in [0.15, 0.2) is 0 Å². The summed E-state index contributed by atoms with van der Waals surface area (Å²) in [6.45, 7) is 8.35. The van der Waals surface area contributed by atoms with Gasteiger partial charge < -0.3 is 5.32 Å². The van der Waals surface area contributed by atoms with Gasteiger partial charge >= 0.3 is 0 Å². The molecule has 2 aliphatic rings. The predicted octanol–water partition coefficient (Wildman–Crippen LogP) is 3.84. The summed E-state index contributed by atoms with van der Waals surface area (Å²) in [6, 6.07) is 3.72. The van der Waals surface area contributed by atoms with Crippen molar-refractivity contribution < 1.29 is 0 Å². The van der Waals surface area contributed by atoms with Crippen LogP contribution in [0.15, 0.2) is 11.4 Å². The van der Waals surface area contributed by atoms with E-state index in [1.54, 1.807) is 10.4 Å². The molecule has 1 aliphatic heterocycles. The molecule has 1 atom stereocenters. The molecule has 1 N–H and O–H groups in total. The van der Waals surface area contributed by atoms with Crippen molar-refractivity contribution in [3.05, 3.63) is 21.9 Å². The summed E-state index contributed by atoms with van der Waals surface area (Å²) in [4.78, 5) is 4.26. The first-order chi connectivity index (χ1) is 9.74. The Bertz CT molecular complexity index is 420. The lowest BCUT2D eigenvalue weighted by atomic mass is 9.87. The van der Waals surface area contributed by atoms with Crippen LogP contribution in [0.3, 0.4) is 0 Å². The molecule has 1 aliphatic carbocycles. The van der Waals surface area contributed by atoms with Crippen molar-refractivity contribution in [2.75, 3.05) is 19.6 Å². The molecular formula is C17H28N2S. The van der Waals surface area contributed by atoms with E-state index in [-0.39, 0.29) is 0 Å². The molecule has 20 heavy (non-hydrogen) atoms. The largest absolute Gasteiger partial charge is 0.313 e. The van der Waals surface area contributed by atoms with Crippen LogP contribution in [-0.4, -0.2) is 30.6 Å². The fourth-order valence-electron chi connectivity index (χ4n) is 3.74. The first kappa shape index (κ1) is 14.6. The van der Waals surface area contributed by atoms with Gasteiger partial charge in [-0.15, -0.1) is 11.3 Å². The van der Waals surface area contributed by atoms with Crippen LogP contribution in [0.1, 0.15) is 56.0 Å². The Morgan fingerprint density at radius 2 is 2.05 bits per heavy atom. The maximum atomic E-state index is 3.79. The minimum atomic E-state index is 0.609. The summed E-state index contributed by atoms with van der Waals surface area (Å²) in [6.07, 6.45) is 6.83. The lowest BCUT2D eigenvalue weighted by Gasteiger charge is -2.34. The molecule has 2 nitrogen and oxygen atoms in total. The highest BCUT2D eigenvalue weighted by molar-refractivity contribution is 7.10. The first-order valence-corrected chi connectivity index (χ1v) is 9.15. The van der Waals surface area contributed by atoms with Crippen LogP contribution in [0.25, 0.3) is 0 Å². The number of fused-ring (bicyclic) bond motifs is 1. The average molecular weight is 292 g/mol. The summed E-state index contributed by atoms with van der Waals surface area (Å²) in [5.41, 5.74) is 1.58. The van der Waals surface area contributed by atoms with Gasteiger partial charge in [-0.05, 0) is 62.0 Å². The molecule has 0 saturated heterocycles. The molecule has 1 unspecified atom stereocenters. The molecule has 0 spiro atoms. The molecule has 3 heteroatoms. The van der Waals surface area contributed by atoms with E-state index in [2.05, 4.69) is 35.5 Å². The van der Waals surface area contributed by atoms with Crippen molar-refractivity contribution in [1.82, 2.24) is 10.2 Å². The van der Waals surface area contributed by atoms with Crippen molar-refractivity contribution in [1.29, 1.82) is 0 Å². The van der Waals surface area contributed by atoms with Gasteiger partial charge in [0, 0.05) is 36.6 Å². The standard InChI is InChI=1S/C17H28N2S/c1-13-3-5-15(6-4-13)18-9-11-19-10-7-17-16(14(19)2)8-12-20-17/h8,12-15,18H,3-7,9-11H2,1-2H3. The molecule has 1 aromatic heterocycles. The second kappa shape index (κ2) is 6.59. The third kappa shape index (κ3) is 3.26. The average Bonchev–Trinajstić information content (AvgIpc) is 2.93. The molecule has 1 fully saturated rings. The van der Waals surface area contributed by atoms with E-state index < -0.39 is 0 Å². The van der Waals surface area contributed by atoms with E-state index in [9.17, 15) is 0 Å². The second-order valence-electron chi connectivity index (χ2n) is 6.67. The zero-order chi connectivity index (χ0) is 13.9. The quantitative estimate of drug-likeness (QED) is 0.907. The fourth-order valence-corrected chi connectivity index (χ4v) is 4.71. The van der Waals surface area contributed by atoms with Crippen molar-refractivity contribution in [3.63, 3.8) is 0 Å². The number of hydrogen-bond acceptors (Lipinski definition) is 3. The summed E-state index contributed by atoms with van der Waals surface area (Å²) >= 11 is 1.94. The number of hydrogen-bond donors (Lipinski definition) is 1. The number of nitrogens with one attached hydrogen (secondary N) is 1. The molecule has 0 aromatic carbocycles. The zero-order valence-electron chi connectivity index (χ0n) is 12.9. The van der Waals surface area contributed by atoms with Gasteiger partial charge in [0.05, 0.1) is 0 Å². The lowest BCUT2D eigenvalue weighted by molar-refractivity contribution is 0.194. The zero-order valence-corrected chi connectivity index (χ0v) is 13.7. The maximum absolute atomic E-state index is 3.79. The predicted molar refractivity (Wildman–Crippen MR) is 87.4 cm³/mol. The number of rotatable bonds is 4. The van der Waals surface area contributed by atoms with Crippen LogP contribution in [-0.2, 0) is 6.42 Å². The SMILES string of the molecule is CC1CCC(NCCN2CCc3sccc3C2C)CC1. The molecule has 1 aromatic rings. The summed E-state index contributed by atoms with van der Waals surface area (Å²) in [5, 5.41) is 6.04. The van der Waals surface area contributed by atoms with Gasteiger partial charge in [0.25, 0.3) is 0 Å². The molecule has 2 heterocycles. The van der Waals surface area contributed by atoms with Crippen LogP contribution in [0.4, 0.5) is 0 Å². The molecule has 1 saturated carbocycles. The van der Waals surface area contributed by atoms with E-state index in [0.29, 0.717) is 6.04 Å². The Morgan fingerprint density at radius 1 is 1.25 bits per heavy atom. The van der Waals surface area contributed by atoms with Crippen LogP contribution in [0, 0.1) is 5.92 Å². The summed E-state index contributed by atoms with van der Waals surface area (Å²) in [7, 11) is 0. The smallest absolute Gasteiger partial charge is 0.0331 e. The van der Waals surface area contributed by atoms with Crippen LogP contribution in [0.2, 0.25) is 0 Å². The van der Waals surface area contributed by atoms with Crippen molar-refractivity contribution in [2.45, 2.75) is 58.0 Å². The van der Waals surface area contributed by atoms with E-state index in [1.165, 1.54) is 45.2 Å². The minimum absolute atomic E-state index is 0.609. The third-order valence-electron chi connectivity index (χ3n) is 5.25. The normalized spacial score (nSPS) is 31.2. The number of nitrogens with zero attached hydrogens (tertiary/aromatic N) is 1. The maximum Gasteiger partial charge on any atom is 0.0331 e. The Labute approximate surface area is 127 Å². The Hall–Kier alpha value is -0.380. The van der Waals surface area contributed by atoms with E-state index >= 15 is 0 Å². The molecule has 0 radical (unpaired) electrons. The van der Waals surface area contributed by atoms with Gasteiger partial charge in [-0.2, -0.15) is 0 Å². The molecule has 3 rings (SSSR count). The van der Waals surface area contributed by atoms with Gasteiger partial charge in [-0.1, -0.05) is 6.92 Å². The highest BCUT2D eigenvalue weighted by atomic mass is 32.1. The van der Waals surface area contributed by atoms with Gasteiger partial charge in [0.2, 0.25) is 0 Å². The Kier molecular flexibility index (Phi) is 4.79. The second-order valence-corrected chi connectivity index (χ2v) is 7.67. The van der Waals surface area contributed by atoms with Crippen molar-refractivity contribution >= 4 is 11.3 Å². The third-order valence-corrected chi connectivity index (χ3v) is 6.25. The van der Waals surface area contributed by atoms with Crippen molar-refractivity contribution in [2.24, 2.45) is 5.92 Å². The van der Waals surface area contributed by atoms with Crippen LogP contribution in [0.5, 0.6) is 0 Å². The van der Waals surface area contributed by atoms with E-state index in [1.807, 2.05) is 11.3 Å². The highest BCUT2D eigenvalue weighted by Crippen LogP contribution is 2.32. The van der Waals surface area contributed by atoms with Gasteiger partial charge in [-0.3, -0.25) is 4.90 Å². The Balaban J connectivity index is 1.43. The highest BCUT2D eigenvalue weighted by Gasteiger charge is 2.24. The van der Waals surface area contributed by atoms with Crippen molar-refractivity contribution in [3.8, 4) is 0 Å². The first-order valence-electron chi connectivity index (χ1n) is 8.27. The van der Waals surface area contributed by atoms with Gasteiger partial charge in [0.1, 0.15) is 0 Å². The molecule has 0 amide bonds. The van der Waals surface area contributed by atoms with E-state index in [4.69, 9.17) is 0 Å². The van der Waals surface area contributed by atoms with Crippen LogP contribution >= 0.6 is 11.3 Å².